The fourth-order valence-electron chi connectivity index (χ4n) is 4.25. The standard InChI is InChI=1S/C22H35BO2Te/c1-21(2)22(3,4)25-23(24-21)20(18-12-7-5-8-13-18)16-11-17-26-19-14-9-6-10-15-19/h6,9-10,14-15,18,20H,5,7-8,11-13,16-17H2,1-4H3. The Morgan fingerprint density at radius 2 is 1.62 bits per heavy atom. The van der Waals surface area contributed by atoms with Crippen molar-refractivity contribution in [2.24, 2.45) is 5.92 Å². The first kappa shape index (κ1) is 20.7. The molecule has 0 amide bonds. The summed E-state index contributed by atoms with van der Waals surface area (Å²) in [6.07, 6.45) is 9.50. The normalized spacial score (nSPS) is 23.9. The topological polar surface area (TPSA) is 18.5 Å². The van der Waals surface area contributed by atoms with Crippen LogP contribution in [0.1, 0.15) is 72.6 Å². The van der Waals surface area contributed by atoms with Gasteiger partial charge in [0.05, 0.1) is 0 Å². The summed E-state index contributed by atoms with van der Waals surface area (Å²) in [5.74, 6) is 1.36. The Labute approximate surface area is 171 Å². The molecule has 1 heterocycles. The molecule has 3 rings (SSSR count). The molecule has 1 aliphatic carbocycles. The van der Waals surface area contributed by atoms with Crippen molar-refractivity contribution in [1.29, 1.82) is 0 Å². The predicted molar refractivity (Wildman–Crippen MR) is 112 cm³/mol. The average Bonchev–Trinajstić information content (AvgIpc) is 2.84. The molecule has 2 fully saturated rings. The molecule has 1 aromatic rings. The van der Waals surface area contributed by atoms with Crippen LogP contribution in [-0.4, -0.2) is 39.2 Å². The van der Waals surface area contributed by atoms with E-state index in [-0.39, 0.29) is 39.2 Å². The number of rotatable bonds is 7. The van der Waals surface area contributed by atoms with E-state index >= 15 is 0 Å². The SMILES string of the molecule is CC1(C)OB(C(CCC[Te]c2ccccc2)C2CCCCC2)OC1(C)C. The van der Waals surface area contributed by atoms with Gasteiger partial charge >= 0.3 is 171 Å². The fraction of sp³-hybridized carbons (Fsp3) is 0.727. The Kier molecular flexibility index (Phi) is 7.17. The van der Waals surface area contributed by atoms with Gasteiger partial charge in [-0.1, -0.05) is 0 Å². The number of benzene rings is 1. The molecule has 1 saturated carbocycles. The van der Waals surface area contributed by atoms with Crippen molar-refractivity contribution in [3.63, 3.8) is 0 Å². The molecule has 0 radical (unpaired) electrons. The Morgan fingerprint density at radius 1 is 1.00 bits per heavy atom. The summed E-state index contributed by atoms with van der Waals surface area (Å²) in [5.41, 5.74) is -0.411. The van der Waals surface area contributed by atoms with Crippen molar-refractivity contribution in [3.05, 3.63) is 30.3 Å². The minimum atomic E-state index is -0.206. The van der Waals surface area contributed by atoms with Crippen LogP contribution in [0.5, 0.6) is 0 Å². The summed E-state index contributed by atoms with van der Waals surface area (Å²) in [6.45, 7) is 8.75. The Morgan fingerprint density at radius 3 is 2.23 bits per heavy atom. The molecule has 0 spiro atoms. The summed E-state index contributed by atoms with van der Waals surface area (Å²) in [7, 11) is -0.0135. The van der Waals surface area contributed by atoms with Gasteiger partial charge in [-0.05, 0) is 0 Å². The van der Waals surface area contributed by atoms with Gasteiger partial charge in [0, 0.05) is 0 Å². The molecule has 0 aromatic heterocycles. The Balaban J connectivity index is 1.59. The summed E-state index contributed by atoms with van der Waals surface area (Å²) in [5, 5.41) is 0. The van der Waals surface area contributed by atoms with Crippen LogP contribution in [0.4, 0.5) is 0 Å². The molecular weight excluding hydrogens is 435 g/mol. The van der Waals surface area contributed by atoms with Gasteiger partial charge < -0.3 is 0 Å². The van der Waals surface area contributed by atoms with Gasteiger partial charge in [-0.25, -0.2) is 0 Å². The molecule has 144 valence electrons. The predicted octanol–water partition coefficient (Wildman–Crippen LogP) is 5.26. The minimum absolute atomic E-state index is 0.0135. The van der Waals surface area contributed by atoms with E-state index in [0.717, 1.165) is 5.92 Å². The van der Waals surface area contributed by atoms with E-state index in [9.17, 15) is 0 Å². The van der Waals surface area contributed by atoms with E-state index < -0.39 is 0 Å². The van der Waals surface area contributed by atoms with E-state index in [1.54, 1.807) is 3.61 Å². The van der Waals surface area contributed by atoms with Crippen molar-refractivity contribution in [3.8, 4) is 0 Å². The first-order valence-corrected chi connectivity index (χ1v) is 13.2. The Bertz CT molecular complexity index is 539. The third-order valence-electron chi connectivity index (χ3n) is 6.57. The molecular formula is C22H35BO2Te. The van der Waals surface area contributed by atoms with Crippen LogP contribution in [0.2, 0.25) is 10.3 Å². The van der Waals surface area contributed by atoms with Crippen LogP contribution in [0.3, 0.4) is 0 Å². The second kappa shape index (κ2) is 9.00. The molecule has 2 nitrogen and oxygen atoms in total. The van der Waals surface area contributed by atoms with Gasteiger partial charge in [0.25, 0.3) is 0 Å². The summed E-state index contributed by atoms with van der Waals surface area (Å²) >= 11 is -0.0462. The monoisotopic (exact) mass is 472 g/mol. The van der Waals surface area contributed by atoms with Crippen LogP contribution >= 0.6 is 0 Å². The molecule has 0 bridgehead atoms. The van der Waals surface area contributed by atoms with E-state index in [4.69, 9.17) is 9.31 Å². The molecule has 4 heteroatoms. The number of hydrogen-bond acceptors (Lipinski definition) is 2. The molecule has 26 heavy (non-hydrogen) atoms. The third-order valence-corrected chi connectivity index (χ3v) is 9.70. The molecule has 1 atom stereocenters. The van der Waals surface area contributed by atoms with Crippen LogP contribution in [0.15, 0.2) is 30.3 Å². The second-order valence-corrected chi connectivity index (χ2v) is 12.3. The average molecular weight is 470 g/mol. The summed E-state index contributed by atoms with van der Waals surface area (Å²) in [6, 6.07) is 11.1. The van der Waals surface area contributed by atoms with Gasteiger partial charge in [0.2, 0.25) is 0 Å². The van der Waals surface area contributed by atoms with Gasteiger partial charge in [-0.15, -0.1) is 0 Å². The van der Waals surface area contributed by atoms with E-state index in [2.05, 4.69) is 58.0 Å². The summed E-state index contributed by atoms with van der Waals surface area (Å²) in [4.78, 5) is 0. The quantitative estimate of drug-likeness (QED) is 0.401. The van der Waals surface area contributed by atoms with Crippen molar-refractivity contribution < 1.29 is 9.31 Å². The van der Waals surface area contributed by atoms with Crippen LogP contribution in [-0.2, 0) is 9.31 Å². The van der Waals surface area contributed by atoms with Crippen molar-refractivity contribution >= 4 is 31.7 Å². The zero-order valence-corrected chi connectivity index (χ0v) is 19.3. The maximum absolute atomic E-state index is 6.48. The Hall–Kier alpha value is -0.00545. The zero-order valence-electron chi connectivity index (χ0n) is 17.0. The first-order chi connectivity index (χ1) is 12.4. The molecule has 1 unspecified atom stereocenters. The van der Waals surface area contributed by atoms with E-state index in [0.29, 0.717) is 5.82 Å². The van der Waals surface area contributed by atoms with Crippen molar-refractivity contribution in [2.45, 2.75) is 94.1 Å². The van der Waals surface area contributed by atoms with Crippen LogP contribution < -0.4 is 3.61 Å². The van der Waals surface area contributed by atoms with Crippen molar-refractivity contribution in [1.82, 2.24) is 0 Å². The van der Waals surface area contributed by atoms with Gasteiger partial charge in [0.15, 0.2) is 0 Å². The second-order valence-electron chi connectivity index (χ2n) is 8.99. The number of hydrogen-bond donors (Lipinski definition) is 0. The third kappa shape index (κ3) is 5.08. The molecule has 1 saturated heterocycles. The summed E-state index contributed by atoms with van der Waals surface area (Å²) < 4.78 is 15.9. The molecule has 1 aliphatic heterocycles. The fourth-order valence-corrected chi connectivity index (χ4v) is 6.80. The first-order valence-electron chi connectivity index (χ1n) is 10.4. The molecule has 1 aromatic carbocycles. The van der Waals surface area contributed by atoms with Crippen molar-refractivity contribution in [2.75, 3.05) is 0 Å². The van der Waals surface area contributed by atoms with Gasteiger partial charge in [0.1, 0.15) is 0 Å². The maximum atomic E-state index is 6.48. The van der Waals surface area contributed by atoms with Gasteiger partial charge in [-0.3, -0.25) is 0 Å². The van der Waals surface area contributed by atoms with E-state index in [1.165, 1.54) is 49.4 Å². The van der Waals surface area contributed by atoms with Crippen LogP contribution in [0.25, 0.3) is 0 Å². The zero-order chi connectivity index (χ0) is 18.6. The molecule has 2 aliphatic rings. The van der Waals surface area contributed by atoms with Gasteiger partial charge in [-0.2, -0.15) is 0 Å². The van der Waals surface area contributed by atoms with Crippen LogP contribution in [0, 0.1) is 5.92 Å². The van der Waals surface area contributed by atoms with E-state index in [1.807, 2.05) is 0 Å². The molecule has 0 N–H and O–H groups in total.